The van der Waals surface area contributed by atoms with Gasteiger partial charge in [-0.25, -0.2) is 8.42 Å². The van der Waals surface area contributed by atoms with Crippen molar-refractivity contribution >= 4 is 10.4 Å². The average Bonchev–Trinajstić information content (AvgIpc) is 2.70. The van der Waals surface area contributed by atoms with Crippen LogP contribution in [0.2, 0.25) is 0 Å². The van der Waals surface area contributed by atoms with Crippen molar-refractivity contribution in [1.29, 1.82) is 0 Å². The summed E-state index contributed by atoms with van der Waals surface area (Å²) in [6.45, 7) is 4.43. The van der Waals surface area contributed by atoms with E-state index in [-0.39, 0.29) is 63.9 Å². The van der Waals surface area contributed by atoms with Crippen LogP contribution >= 0.6 is 0 Å². The van der Waals surface area contributed by atoms with Gasteiger partial charge in [-0.3, -0.25) is 4.18 Å². The van der Waals surface area contributed by atoms with E-state index in [4.69, 9.17) is 0 Å². The third-order valence-corrected chi connectivity index (χ3v) is 6.16. The van der Waals surface area contributed by atoms with Crippen LogP contribution in [0.4, 0.5) is 0 Å². The van der Waals surface area contributed by atoms with Crippen LogP contribution in [-0.2, 0) is 14.6 Å². The van der Waals surface area contributed by atoms with Gasteiger partial charge in [0.1, 0.15) is 0 Å². The summed E-state index contributed by atoms with van der Waals surface area (Å²) in [5.74, 6) is 0.0210. The molecule has 0 saturated heterocycles. The zero-order valence-electron chi connectivity index (χ0n) is 20.9. The smallest absolute Gasteiger partial charge is 0.726 e. The first-order valence-corrected chi connectivity index (χ1v) is 14.1. The molecular formula is C25H49KO4S. The Balaban J connectivity index is 0. The van der Waals surface area contributed by atoms with Crippen LogP contribution < -0.4 is 51.4 Å². The van der Waals surface area contributed by atoms with Crippen molar-refractivity contribution in [3.05, 3.63) is 12.2 Å². The van der Waals surface area contributed by atoms with Crippen molar-refractivity contribution in [3.8, 4) is 0 Å². The third kappa shape index (κ3) is 29.2. The van der Waals surface area contributed by atoms with Crippen LogP contribution in [0.1, 0.15) is 136 Å². The molecule has 0 spiro atoms. The van der Waals surface area contributed by atoms with Crippen molar-refractivity contribution in [2.75, 3.05) is 6.61 Å². The average molecular weight is 485 g/mol. The van der Waals surface area contributed by atoms with E-state index in [1.807, 2.05) is 0 Å². The first-order valence-electron chi connectivity index (χ1n) is 12.8. The molecule has 0 heterocycles. The Bertz CT molecular complexity index is 480. The van der Waals surface area contributed by atoms with Gasteiger partial charge in [0.15, 0.2) is 0 Å². The fourth-order valence-corrected chi connectivity index (χ4v) is 4.15. The number of rotatable bonds is 23. The first kappa shape index (κ1) is 34.4. The second kappa shape index (κ2) is 25.9. The van der Waals surface area contributed by atoms with Crippen LogP contribution in [-0.4, -0.2) is 19.6 Å². The van der Waals surface area contributed by atoms with E-state index in [0.29, 0.717) is 0 Å². The third-order valence-electron chi connectivity index (χ3n) is 5.74. The molecule has 0 bridgehead atoms. The molecule has 0 aromatic heterocycles. The molecular weight excluding hydrogens is 435 g/mol. The fraction of sp³-hybridized carbons (Fsp3) is 0.920. The van der Waals surface area contributed by atoms with Gasteiger partial charge in [0.25, 0.3) is 0 Å². The molecule has 180 valence electrons. The summed E-state index contributed by atoms with van der Waals surface area (Å²) < 4.78 is 36.8. The molecule has 0 amide bonds. The zero-order valence-corrected chi connectivity index (χ0v) is 24.9. The second-order valence-corrected chi connectivity index (χ2v) is 9.81. The molecule has 0 aliphatic heterocycles. The van der Waals surface area contributed by atoms with Gasteiger partial charge in [-0.05, 0) is 19.3 Å². The Labute approximate surface area is 237 Å². The van der Waals surface area contributed by atoms with E-state index < -0.39 is 10.4 Å². The zero-order chi connectivity index (χ0) is 22.3. The molecule has 0 radical (unpaired) electrons. The van der Waals surface area contributed by atoms with E-state index in [9.17, 15) is 13.0 Å². The predicted octanol–water partition coefficient (Wildman–Crippen LogP) is 5.09. The molecule has 4 nitrogen and oxygen atoms in total. The first-order chi connectivity index (χ1) is 14.5. The van der Waals surface area contributed by atoms with Gasteiger partial charge in [0.2, 0.25) is 10.4 Å². The molecule has 0 rings (SSSR count). The van der Waals surface area contributed by atoms with Crippen molar-refractivity contribution in [3.63, 3.8) is 0 Å². The van der Waals surface area contributed by atoms with Crippen molar-refractivity contribution in [2.45, 2.75) is 136 Å². The maximum Gasteiger partial charge on any atom is 1.00 e. The van der Waals surface area contributed by atoms with Gasteiger partial charge in [0.05, 0.1) is 6.61 Å². The predicted molar refractivity (Wildman–Crippen MR) is 127 cm³/mol. The molecule has 0 saturated carbocycles. The van der Waals surface area contributed by atoms with Gasteiger partial charge < -0.3 is 4.55 Å². The molecule has 1 unspecified atom stereocenters. The minimum absolute atomic E-state index is 0. The standard InChI is InChI=1S/C25H50O4S.K/c1-3-5-7-9-10-11-12-13-14-15-16-17-19-21-23-25(24-29-30(26,27)28)22-20-18-8-6-4-2;/h21,23,25H,3-20,22,24H2,1-2H3,(H,26,27,28);/q;+1/p-1/b23-21+;. The monoisotopic (exact) mass is 484 g/mol. The largest absolute Gasteiger partial charge is 1.00 e. The van der Waals surface area contributed by atoms with E-state index >= 15 is 0 Å². The summed E-state index contributed by atoms with van der Waals surface area (Å²) in [5.41, 5.74) is 0. The van der Waals surface area contributed by atoms with Gasteiger partial charge in [-0.15, -0.1) is 0 Å². The van der Waals surface area contributed by atoms with Gasteiger partial charge in [0, 0.05) is 5.92 Å². The molecule has 0 aromatic carbocycles. The normalized spacial score (nSPS) is 12.9. The Kier molecular flexibility index (Phi) is 28.7. The van der Waals surface area contributed by atoms with Crippen LogP contribution in [0, 0.1) is 5.92 Å². The number of hydrogen-bond donors (Lipinski definition) is 0. The van der Waals surface area contributed by atoms with Crippen LogP contribution in [0.5, 0.6) is 0 Å². The SMILES string of the molecule is CCCCCCCCCCCCCC/C=C/C(CCCCCCC)COS(=O)(=O)[O-].[K+]. The molecule has 0 aromatic rings. The maximum absolute atomic E-state index is 10.8. The van der Waals surface area contributed by atoms with Crippen LogP contribution in [0.15, 0.2) is 12.2 Å². The van der Waals surface area contributed by atoms with E-state index in [1.54, 1.807) is 0 Å². The number of unbranched alkanes of at least 4 members (excludes halogenated alkanes) is 16. The number of hydrogen-bond acceptors (Lipinski definition) is 4. The Morgan fingerprint density at radius 1 is 0.710 bits per heavy atom. The summed E-state index contributed by atoms with van der Waals surface area (Å²) in [6, 6.07) is 0. The molecule has 6 heteroatoms. The molecule has 1 atom stereocenters. The van der Waals surface area contributed by atoms with Crippen LogP contribution in [0.25, 0.3) is 0 Å². The van der Waals surface area contributed by atoms with Crippen LogP contribution in [0.3, 0.4) is 0 Å². The van der Waals surface area contributed by atoms with Gasteiger partial charge in [-0.2, -0.15) is 0 Å². The maximum atomic E-state index is 10.8. The topological polar surface area (TPSA) is 66.4 Å². The molecule has 0 aliphatic rings. The molecule has 0 fully saturated rings. The molecule has 0 aliphatic carbocycles. The summed E-state index contributed by atoms with van der Waals surface area (Å²) >= 11 is 0. The summed E-state index contributed by atoms with van der Waals surface area (Å²) in [6.07, 6.45) is 28.1. The minimum atomic E-state index is -4.60. The molecule has 31 heavy (non-hydrogen) atoms. The van der Waals surface area contributed by atoms with E-state index in [1.165, 1.54) is 96.3 Å². The second-order valence-electron chi connectivity index (χ2n) is 8.76. The fourth-order valence-electron chi connectivity index (χ4n) is 3.81. The summed E-state index contributed by atoms with van der Waals surface area (Å²) in [7, 11) is -4.60. The van der Waals surface area contributed by atoms with Crippen molar-refractivity contribution in [2.24, 2.45) is 5.92 Å². The summed E-state index contributed by atoms with van der Waals surface area (Å²) in [5, 5.41) is 0. The minimum Gasteiger partial charge on any atom is -0.726 e. The Hall–Kier alpha value is 1.25. The van der Waals surface area contributed by atoms with E-state index in [0.717, 1.165) is 25.7 Å². The quantitative estimate of drug-likeness (QED) is 0.0666. The number of allylic oxidation sites excluding steroid dienone is 1. The van der Waals surface area contributed by atoms with Gasteiger partial charge >= 0.3 is 51.4 Å². The van der Waals surface area contributed by atoms with Crippen molar-refractivity contribution < 1.29 is 68.5 Å². The summed E-state index contributed by atoms with van der Waals surface area (Å²) in [4.78, 5) is 0. The molecule has 0 N–H and O–H groups in total. The van der Waals surface area contributed by atoms with Crippen molar-refractivity contribution in [1.82, 2.24) is 0 Å². The van der Waals surface area contributed by atoms with Gasteiger partial charge in [-0.1, -0.05) is 129 Å². The van der Waals surface area contributed by atoms with E-state index in [2.05, 4.69) is 30.2 Å². The Morgan fingerprint density at radius 3 is 1.58 bits per heavy atom. The Morgan fingerprint density at radius 2 is 1.13 bits per heavy atom.